The fourth-order valence-corrected chi connectivity index (χ4v) is 4.24. The van der Waals surface area contributed by atoms with E-state index in [9.17, 15) is 26.4 Å². The molecule has 0 fully saturated rings. The molecule has 0 saturated heterocycles. The highest BCUT2D eigenvalue weighted by Crippen LogP contribution is 2.30. The van der Waals surface area contributed by atoms with E-state index in [-0.39, 0.29) is 10.6 Å². The van der Waals surface area contributed by atoms with Gasteiger partial charge in [-0.15, -0.1) is 13.2 Å². The van der Waals surface area contributed by atoms with Crippen molar-refractivity contribution in [2.24, 2.45) is 0 Å². The molecule has 2 rings (SSSR count). The molecule has 0 saturated carbocycles. The number of hydrogen-bond donors (Lipinski definition) is 1. The number of hydrogen-bond acceptors (Lipinski definition) is 4. The molecule has 2 aromatic carbocycles. The minimum absolute atomic E-state index is 0.0175. The SMILES string of the molecule is Cc1ccc(S(=O)(=O)N(c2ccc(OC(F)(F)F)cc2)C(C)CC(=O)O)cc1. The van der Waals surface area contributed by atoms with Gasteiger partial charge < -0.3 is 9.84 Å². The van der Waals surface area contributed by atoms with E-state index in [2.05, 4.69) is 4.74 Å². The van der Waals surface area contributed by atoms with Crippen molar-refractivity contribution in [1.29, 1.82) is 0 Å². The maximum Gasteiger partial charge on any atom is 0.573 e. The molecular weight excluding hydrogens is 399 g/mol. The monoisotopic (exact) mass is 417 g/mol. The number of ether oxygens (including phenoxy) is 1. The second kappa shape index (κ2) is 8.09. The molecule has 1 unspecified atom stereocenters. The number of carboxylic acids is 1. The Labute approximate surface area is 160 Å². The third kappa shape index (κ3) is 5.38. The average molecular weight is 417 g/mol. The summed E-state index contributed by atoms with van der Waals surface area (Å²) in [5.74, 6) is -1.73. The second-order valence-electron chi connectivity index (χ2n) is 6.10. The number of benzene rings is 2. The summed E-state index contributed by atoms with van der Waals surface area (Å²) >= 11 is 0. The molecule has 0 aliphatic rings. The summed E-state index contributed by atoms with van der Waals surface area (Å²) in [6.45, 7) is 3.18. The number of alkyl halides is 3. The minimum Gasteiger partial charge on any atom is -0.481 e. The molecule has 6 nitrogen and oxygen atoms in total. The van der Waals surface area contributed by atoms with Gasteiger partial charge >= 0.3 is 12.3 Å². The molecule has 2 aromatic rings. The Kier molecular flexibility index (Phi) is 6.23. The van der Waals surface area contributed by atoms with Gasteiger partial charge in [0.05, 0.1) is 23.0 Å². The lowest BCUT2D eigenvalue weighted by Gasteiger charge is -2.30. The highest BCUT2D eigenvalue weighted by molar-refractivity contribution is 7.92. The van der Waals surface area contributed by atoms with Crippen LogP contribution in [0.5, 0.6) is 5.75 Å². The van der Waals surface area contributed by atoms with E-state index < -0.39 is 40.6 Å². The van der Waals surface area contributed by atoms with Crippen molar-refractivity contribution in [3.8, 4) is 5.75 Å². The van der Waals surface area contributed by atoms with Crippen LogP contribution in [0.2, 0.25) is 0 Å². The molecule has 0 radical (unpaired) electrons. The predicted octanol–water partition coefficient (Wildman–Crippen LogP) is 3.95. The van der Waals surface area contributed by atoms with Crippen LogP contribution in [0, 0.1) is 6.92 Å². The highest BCUT2D eigenvalue weighted by atomic mass is 32.2. The van der Waals surface area contributed by atoms with Crippen molar-refractivity contribution in [1.82, 2.24) is 0 Å². The summed E-state index contributed by atoms with van der Waals surface area (Å²) in [7, 11) is -4.16. The second-order valence-corrected chi connectivity index (χ2v) is 7.92. The summed E-state index contributed by atoms with van der Waals surface area (Å²) in [5.41, 5.74) is 0.849. The van der Waals surface area contributed by atoms with Crippen molar-refractivity contribution < 1.29 is 36.2 Å². The van der Waals surface area contributed by atoms with Crippen LogP contribution in [-0.2, 0) is 14.8 Å². The van der Waals surface area contributed by atoms with Gasteiger partial charge in [-0.3, -0.25) is 9.10 Å². The lowest BCUT2D eigenvalue weighted by molar-refractivity contribution is -0.274. The number of carboxylic acid groups (broad SMARTS) is 1. The fraction of sp³-hybridized carbons (Fsp3) is 0.278. The van der Waals surface area contributed by atoms with Crippen LogP contribution in [0.3, 0.4) is 0 Å². The Morgan fingerprint density at radius 2 is 1.64 bits per heavy atom. The summed E-state index contributed by atoms with van der Waals surface area (Å²) in [6, 6.07) is 9.15. The first-order valence-corrected chi connectivity index (χ1v) is 9.53. The van der Waals surface area contributed by atoms with Gasteiger partial charge in [-0.25, -0.2) is 8.42 Å². The van der Waals surface area contributed by atoms with Crippen LogP contribution in [-0.4, -0.2) is 31.9 Å². The molecule has 0 bridgehead atoms. The van der Waals surface area contributed by atoms with Crippen LogP contribution in [0.25, 0.3) is 0 Å². The van der Waals surface area contributed by atoms with Gasteiger partial charge in [0.2, 0.25) is 0 Å². The van der Waals surface area contributed by atoms with E-state index >= 15 is 0 Å². The zero-order chi connectivity index (χ0) is 21.1. The standard InChI is InChI=1S/C18H18F3NO5S/c1-12-3-9-16(10-4-12)28(25,26)22(13(2)11-17(23)24)14-5-7-15(8-6-14)27-18(19,20)21/h3-10,13H,11H2,1-2H3,(H,23,24). The summed E-state index contributed by atoms with van der Waals surface area (Å²) in [4.78, 5) is 11.0. The smallest absolute Gasteiger partial charge is 0.481 e. The number of nitrogens with zero attached hydrogens (tertiary/aromatic N) is 1. The molecule has 152 valence electrons. The topological polar surface area (TPSA) is 83.9 Å². The van der Waals surface area contributed by atoms with Crippen molar-refractivity contribution in [2.45, 2.75) is 37.6 Å². The number of sulfonamides is 1. The van der Waals surface area contributed by atoms with E-state index in [0.717, 1.165) is 34.1 Å². The van der Waals surface area contributed by atoms with Gasteiger partial charge in [0, 0.05) is 0 Å². The largest absolute Gasteiger partial charge is 0.573 e. The molecule has 10 heteroatoms. The van der Waals surface area contributed by atoms with Crippen LogP contribution >= 0.6 is 0 Å². The molecule has 0 spiro atoms. The third-order valence-corrected chi connectivity index (χ3v) is 5.73. The summed E-state index contributed by atoms with van der Waals surface area (Å²) in [6.07, 6.45) is -5.38. The first-order chi connectivity index (χ1) is 12.9. The summed E-state index contributed by atoms with van der Waals surface area (Å²) in [5, 5.41) is 9.06. The maximum absolute atomic E-state index is 13.1. The Balaban J connectivity index is 2.47. The average Bonchev–Trinajstić information content (AvgIpc) is 2.55. The molecule has 1 N–H and O–H groups in total. The zero-order valence-corrected chi connectivity index (χ0v) is 15.8. The molecule has 28 heavy (non-hydrogen) atoms. The Bertz CT molecular complexity index is 925. The van der Waals surface area contributed by atoms with Gasteiger partial charge in [0.15, 0.2) is 0 Å². The lowest BCUT2D eigenvalue weighted by atomic mass is 10.2. The summed E-state index contributed by atoms with van der Waals surface area (Å²) < 4.78 is 67.8. The van der Waals surface area contributed by atoms with E-state index in [1.165, 1.54) is 19.1 Å². The van der Waals surface area contributed by atoms with Crippen LogP contribution < -0.4 is 9.04 Å². The van der Waals surface area contributed by atoms with E-state index in [1.54, 1.807) is 19.1 Å². The number of aliphatic carboxylic acids is 1. The molecule has 0 aliphatic carbocycles. The van der Waals surface area contributed by atoms with Crippen molar-refractivity contribution >= 4 is 21.7 Å². The van der Waals surface area contributed by atoms with Gasteiger partial charge in [-0.1, -0.05) is 17.7 Å². The van der Waals surface area contributed by atoms with Gasteiger partial charge in [-0.2, -0.15) is 0 Å². The van der Waals surface area contributed by atoms with Gasteiger partial charge in [0.1, 0.15) is 5.75 Å². The molecule has 0 amide bonds. The third-order valence-electron chi connectivity index (χ3n) is 3.77. The Morgan fingerprint density at radius 3 is 2.11 bits per heavy atom. The zero-order valence-electron chi connectivity index (χ0n) is 15.0. The Hall–Kier alpha value is -2.75. The number of anilines is 1. The number of aryl methyl sites for hydroxylation is 1. The van der Waals surface area contributed by atoms with Gasteiger partial charge in [0.25, 0.3) is 10.0 Å². The highest BCUT2D eigenvalue weighted by Gasteiger charge is 2.33. The quantitative estimate of drug-likeness (QED) is 0.738. The van der Waals surface area contributed by atoms with E-state index in [1.807, 2.05) is 0 Å². The lowest BCUT2D eigenvalue weighted by Crippen LogP contribution is -2.40. The molecule has 1 atom stereocenters. The van der Waals surface area contributed by atoms with Crippen LogP contribution in [0.15, 0.2) is 53.4 Å². The van der Waals surface area contributed by atoms with E-state index in [4.69, 9.17) is 5.11 Å². The number of carbonyl (C=O) groups is 1. The van der Waals surface area contributed by atoms with Crippen LogP contribution in [0.1, 0.15) is 18.9 Å². The fourth-order valence-electron chi connectivity index (χ4n) is 2.58. The van der Waals surface area contributed by atoms with Gasteiger partial charge in [-0.05, 0) is 50.2 Å². The molecule has 0 heterocycles. The predicted molar refractivity (Wildman–Crippen MR) is 95.7 cm³/mol. The first kappa shape index (κ1) is 21.5. The molecule has 0 aliphatic heterocycles. The molecule has 0 aromatic heterocycles. The number of halogens is 3. The number of rotatable bonds is 7. The Morgan fingerprint density at radius 1 is 1.11 bits per heavy atom. The normalized spacial score (nSPS) is 13.0. The maximum atomic E-state index is 13.1. The van der Waals surface area contributed by atoms with Crippen molar-refractivity contribution in [2.75, 3.05) is 4.31 Å². The minimum atomic E-state index is -4.88. The molecular formula is C18H18F3NO5S. The first-order valence-electron chi connectivity index (χ1n) is 8.09. The van der Waals surface area contributed by atoms with E-state index in [0.29, 0.717) is 0 Å². The van der Waals surface area contributed by atoms with Crippen molar-refractivity contribution in [3.05, 3.63) is 54.1 Å². The van der Waals surface area contributed by atoms with Crippen LogP contribution in [0.4, 0.5) is 18.9 Å². The van der Waals surface area contributed by atoms with Crippen molar-refractivity contribution in [3.63, 3.8) is 0 Å².